The topological polar surface area (TPSA) is 22.1 Å². The molecule has 2 aromatic carbocycles. The zero-order valence-corrected chi connectivity index (χ0v) is 11.3. The summed E-state index contributed by atoms with van der Waals surface area (Å²) in [5.41, 5.74) is 0.916. The number of hydrogen-bond acceptors (Lipinski definition) is 2. The summed E-state index contributed by atoms with van der Waals surface area (Å²) >= 11 is 6.01. The van der Waals surface area contributed by atoms with Crippen molar-refractivity contribution in [3.05, 3.63) is 71.3 Å². The summed E-state index contributed by atoms with van der Waals surface area (Å²) in [6, 6.07) is 13.8. The molecule has 1 heterocycles. The normalized spacial score (nSPS) is 10.7. The van der Waals surface area contributed by atoms with E-state index in [1.807, 2.05) is 24.3 Å². The molecular weight excluding hydrogens is 277 g/mol. The molecule has 20 heavy (non-hydrogen) atoms. The molecule has 0 saturated heterocycles. The van der Waals surface area contributed by atoms with Gasteiger partial charge in [0.15, 0.2) is 0 Å². The van der Waals surface area contributed by atoms with E-state index in [9.17, 15) is 4.39 Å². The van der Waals surface area contributed by atoms with E-state index in [-0.39, 0.29) is 5.82 Å². The van der Waals surface area contributed by atoms with Crippen molar-refractivity contribution in [3.8, 4) is 5.75 Å². The highest BCUT2D eigenvalue weighted by Crippen LogP contribution is 2.25. The Morgan fingerprint density at radius 1 is 1.05 bits per heavy atom. The first-order chi connectivity index (χ1) is 9.72. The Hall–Kier alpha value is -2.13. The molecule has 0 aliphatic carbocycles. The van der Waals surface area contributed by atoms with Crippen molar-refractivity contribution in [1.82, 2.24) is 4.98 Å². The van der Waals surface area contributed by atoms with Gasteiger partial charge >= 0.3 is 0 Å². The molecule has 0 saturated carbocycles. The average Bonchev–Trinajstić information content (AvgIpc) is 2.47. The number of rotatable bonds is 3. The van der Waals surface area contributed by atoms with Crippen LogP contribution in [0.2, 0.25) is 5.15 Å². The Labute approximate surface area is 120 Å². The predicted molar refractivity (Wildman–Crippen MR) is 77.5 cm³/mol. The summed E-state index contributed by atoms with van der Waals surface area (Å²) in [6.45, 7) is 0.393. The third-order valence-electron chi connectivity index (χ3n) is 3.01. The number of pyridine rings is 1. The number of hydrogen-bond donors (Lipinski definition) is 0. The van der Waals surface area contributed by atoms with Crippen LogP contribution in [-0.2, 0) is 6.61 Å². The third-order valence-corrected chi connectivity index (χ3v) is 3.31. The lowest BCUT2D eigenvalue weighted by atomic mass is 10.2. The molecule has 3 rings (SSSR count). The van der Waals surface area contributed by atoms with Crippen LogP contribution < -0.4 is 4.74 Å². The minimum absolute atomic E-state index is 0.249. The maximum Gasteiger partial charge on any atom is 0.136 e. The minimum Gasteiger partial charge on any atom is -0.489 e. The second kappa shape index (κ2) is 5.47. The van der Waals surface area contributed by atoms with Crippen LogP contribution in [0.1, 0.15) is 5.56 Å². The van der Waals surface area contributed by atoms with Crippen LogP contribution in [0.25, 0.3) is 10.8 Å². The highest BCUT2D eigenvalue weighted by Gasteiger charge is 2.02. The Morgan fingerprint density at radius 2 is 1.85 bits per heavy atom. The highest BCUT2D eigenvalue weighted by atomic mass is 35.5. The molecule has 0 atom stereocenters. The second-order valence-corrected chi connectivity index (χ2v) is 4.76. The Balaban J connectivity index is 1.79. The van der Waals surface area contributed by atoms with Crippen LogP contribution in [0.15, 0.2) is 54.7 Å². The zero-order chi connectivity index (χ0) is 13.9. The molecule has 0 amide bonds. The molecule has 0 fully saturated rings. The maximum atomic E-state index is 12.8. The molecule has 0 unspecified atom stereocenters. The van der Waals surface area contributed by atoms with Gasteiger partial charge in [-0.05, 0) is 47.3 Å². The first-order valence-electron chi connectivity index (χ1n) is 6.14. The van der Waals surface area contributed by atoms with Gasteiger partial charge in [0.2, 0.25) is 0 Å². The summed E-state index contributed by atoms with van der Waals surface area (Å²) < 4.78 is 18.5. The summed E-state index contributed by atoms with van der Waals surface area (Å²) in [7, 11) is 0. The van der Waals surface area contributed by atoms with Gasteiger partial charge in [0, 0.05) is 11.6 Å². The van der Waals surface area contributed by atoms with E-state index in [1.54, 1.807) is 18.3 Å². The van der Waals surface area contributed by atoms with Crippen molar-refractivity contribution in [2.75, 3.05) is 0 Å². The first-order valence-corrected chi connectivity index (χ1v) is 6.52. The SMILES string of the molecule is Fc1ccc(COc2ccc3c(Cl)nccc3c2)cc1. The monoisotopic (exact) mass is 287 g/mol. The van der Waals surface area contributed by atoms with Crippen molar-refractivity contribution in [2.45, 2.75) is 6.61 Å². The standard InChI is InChI=1S/C16H11ClFNO/c17-16-15-6-5-14(9-12(15)7-8-19-16)20-10-11-1-3-13(18)4-2-11/h1-9H,10H2. The lowest BCUT2D eigenvalue weighted by molar-refractivity contribution is 0.306. The molecule has 4 heteroatoms. The molecule has 3 aromatic rings. The summed E-state index contributed by atoms with van der Waals surface area (Å²) in [5, 5.41) is 2.34. The van der Waals surface area contributed by atoms with Crippen molar-refractivity contribution >= 4 is 22.4 Å². The molecule has 0 bridgehead atoms. The summed E-state index contributed by atoms with van der Waals surface area (Å²) in [5.74, 6) is 0.491. The largest absolute Gasteiger partial charge is 0.489 e. The molecule has 1 aromatic heterocycles. The van der Waals surface area contributed by atoms with Crippen LogP contribution in [0.5, 0.6) is 5.75 Å². The summed E-state index contributed by atoms with van der Waals surface area (Å²) in [4.78, 5) is 4.03. The molecule has 2 nitrogen and oxygen atoms in total. The van der Waals surface area contributed by atoms with Gasteiger partial charge in [-0.25, -0.2) is 9.37 Å². The Morgan fingerprint density at radius 3 is 2.65 bits per heavy atom. The second-order valence-electron chi connectivity index (χ2n) is 4.40. The molecule has 0 aliphatic heterocycles. The lowest BCUT2D eigenvalue weighted by Crippen LogP contribution is -1.95. The number of ether oxygens (including phenoxy) is 1. The first kappa shape index (κ1) is 12.9. The lowest BCUT2D eigenvalue weighted by Gasteiger charge is -2.08. The van der Waals surface area contributed by atoms with Gasteiger partial charge < -0.3 is 4.74 Å². The molecule has 100 valence electrons. The quantitative estimate of drug-likeness (QED) is 0.657. The van der Waals surface area contributed by atoms with Gasteiger partial charge in [0.1, 0.15) is 23.3 Å². The van der Waals surface area contributed by atoms with Crippen molar-refractivity contribution in [1.29, 1.82) is 0 Å². The van der Waals surface area contributed by atoms with Crippen LogP contribution >= 0.6 is 11.6 Å². The Bertz CT molecular complexity index is 743. The van der Waals surface area contributed by atoms with E-state index in [0.29, 0.717) is 11.8 Å². The third kappa shape index (κ3) is 2.73. The van der Waals surface area contributed by atoms with Crippen LogP contribution in [0, 0.1) is 5.82 Å². The van der Waals surface area contributed by atoms with E-state index in [2.05, 4.69) is 4.98 Å². The van der Waals surface area contributed by atoms with E-state index < -0.39 is 0 Å². The highest BCUT2D eigenvalue weighted by molar-refractivity contribution is 6.34. The summed E-state index contributed by atoms with van der Waals surface area (Å²) in [6.07, 6.45) is 1.66. The number of fused-ring (bicyclic) bond motifs is 1. The van der Waals surface area contributed by atoms with Gasteiger partial charge in [0.25, 0.3) is 0 Å². The fourth-order valence-corrected chi connectivity index (χ4v) is 2.18. The number of nitrogens with zero attached hydrogens (tertiary/aromatic N) is 1. The van der Waals surface area contributed by atoms with Gasteiger partial charge in [0.05, 0.1) is 0 Å². The molecule has 0 aliphatic rings. The van der Waals surface area contributed by atoms with Crippen LogP contribution in [-0.4, -0.2) is 4.98 Å². The average molecular weight is 288 g/mol. The smallest absolute Gasteiger partial charge is 0.136 e. The number of aromatic nitrogens is 1. The Kier molecular flexibility index (Phi) is 3.52. The zero-order valence-electron chi connectivity index (χ0n) is 10.5. The number of halogens is 2. The predicted octanol–water partition coefficient (Wildman–Crippen LogP) is 4.61. The fraction of sp³-hybridized carbons (Fsp3) is 0.0625. The van der Waals surface area contributed by atoms with Gasteiger partial charge in [-0.15, -0.1) is 0 Å². The minimum atomic E-state index is -0.249. The van der Waals surface area contributed by atoms with Gasteiger partial charge in [-0.3, -0.25) is 0 Å². The molecular formula is C16H11ClFNO. The molecule has 0 spiro atoms. The molecule has 0 N–H and O–H groups in total. The van der Waals surface area contributed by atoms with Crippen LogP contribution in [0.4, 0.5) is 4.39 Å². The van der Waals surface area contributed by atoms with Gasteiger partial charge in [-0.1, -0.05) is 23.7 Å². The van der Waals surface area contributed by atoms with Gasteiger partial charge in [-0.2, -0.15) is 0 Å². The van der Waals surface area contributed by atoms with Crippen molar-refractivity contribution < 1.29 is 9.13 Å². The van der Waals surface area contributed by atoms with Crippen molar-refractivity contribution in [3.63, 3.8) is 0 Å². The van der Waals surface area contributed by atoms with E-state index in [4.69, 9.17) is 16.3 Å². The fourth-order valence-electron chi connectivity index (χ4n) is 1.96. The molecule has 0 radical (unpaired) electrons. The van der Waals surface area contributed by atoms with E-state index in [0.717, 1.165) is 22.1 Å². The van der Waals surface area contributed by atoms with E-state index in [1.165, 1.54) is 12.1 Å². The van der Waals surface area contributed by atoms with Crippen molar-refractivity contribution in [2.24, 2.45) is 0 Å². The van der Waals surface area contributed by atoms with E-state index >= 15 is 0 Å². The maximum absolute atomic E-state index is 12.8. The number of benzene rings is 2. The van der Waals surface area contributed by atoms with Crippen LogP contribution in [0.3, 0.4) is 0 Å².